The quantitative estimate of drug-likeness (QED) is 0.481. The van der Waals surface area contributed by atoms with Crippen molar-refractivity contribution in [2.75, 3.05) is 18.5 Å². The van der Waals surface area contributed by atoms with E-state index in [-0.39, 0.29) is 29.1 Å². The molecule has 5 rings (SSSR count). The summed E-state index contributed by atoms with van der Waals surface area (Å²) in [6, 6.07) is 4.09. The lowest BCUT2D eigenvalue weighted by Gasteiger charge is -2.29. The van der Waals surface area contributed by atoms with Crippen molar-refractivity contribution >= 4 is 33.5 Å². The van der Waals surface area contributed by atoms with Crippen molar-refractivity contribution in [3.05, 3.63) is 22.9 Å². The molecule has 1 spiro atoms. The van der Waals surface area contributed by atoms with E-state index in [0.29, 0.717) is 30.2 Å². The highest BCUT2D eigenvalue weighted by Gasteiger charge is 2.71. The van der Waals surface area contributed by atoms with Crippen molar-refractivity contribution in [2.24, 2.45) is 29.1 Å². The highest BCUT2D eigenvalue weighted by atomic mass is 79.9. The summed E-state index contributed by atoms with van der Waals surface area (Å²) in [4.78, 5) is 30.6. The number of carbonyl (C=O) groups excluding carboxylic acids is 2. The molecule has 7 heteroatoms. The Morgan fingerprint density at radius 1 is 1.17 bits per heavy atom. The van der Waals surface area contributed by atoms with Crippen LogP contribution >= 0.6 is 15.9 Å². The van der Waals surface area contributed by atoms with Gasteiger partial charge < -0.3 is 15.4 Å². The molecule has 2 heterocycles. The first-order chi connectivity index (χ1) is 14.6. The summed E-state index contributed by atoms with van der Waals surface area (Å²) in [5.41, 5.74) is 0.889. The van der Waals surface area contributed by atoms with E-state index in [1.54, 1.807) is 6.20 Å². The molecule has 2 N–H and O–H groups in total. The normalized spacial score (nSPS) is 33.4. The van der Waals surface area contributed by atoms with Crippen LogP contribution < -0.4 is 10.6 Å². The van der Waals surface area contributed by atoms with Gasteiger partial charge in [-0.2, -0.15) is 0 Å². The number of piperidine rings is 1. The van der Waals surface area contributed by atoms with E-state index in [2.05, 4.69) is 31.5 Å². The molecule has 1 aromatic heterocycles. The molecule has 1 unspecified atom stereocenters. The number of hydrogen-bond acceptors (Lipinski definition) is 5. The van der Waals surface area contributed by atoms with Crippen LogP contribution in [0.3, 0.4) is 0 Å². The molecule has 30 heavy (non-hydrogen) atoms. The lowest BCUT2D eigenvalue weighted by Crippen LogP contribution is -2.39. The van der Waals surface area contributed by atoms with Gasteiger partial charge in [0.2, 0.25) is 5.91 Å². The average molecular weight is 476 g/mol. The Bertz CT molecular complexity index is 804. The molecule has 0 aromatic carbocycles. The largest absolute Gasteiger partial charge is 0.465 e. The second-order valence-corrected chi connectivity index (χ2v) is 10.3. The van der Waals surface area contributed by atoms with Gasteiger partial charge >= 0.3 is 5.97 Å². The first-order valence-electron chi connectivity index (χ1n) is 11.4. The van der Waals surface area contributed by atoms with E-state index in [1.165, 1.54) is 12.8 Å². The van der Waals surface area contributed by atoms with Crippen molar-refractivity contribution in [3.63, 3.8) is 0 Å². The Hall–Kier alpha value is -1.47. The highest BCUT2D eigenvalue weighted by molar-refractivity contribution is 9.10. The molecule has 2 bridgehead atoms. The minimum absolute atomic E-state index is 0.0477. The molecule has 162 valence electrons. The molecule has 4 aliphatic rings. The van der Waals surface area contributed by atoms with Gasteiger partial charge in [0.05, 0.1) is 30.3 Å². The van der Waals surface area contributed by atoms with Gasteiger partial charge in [0, 0.05) is 6.04 Å². The van der Waals surface area contributed by atoms with Gasteiger partial charge in [-0.1, -0.05) is 6.42 Å². The maximum atomic E-state index is 13.3. The minimum Gasteiger partial charge on any atom is -0.465 e. The topological polar surface area (TPSA) is 80.3 Å². The number of amides is 1. The van der Waals surface area contributed by atoms with Crippen LogP contribution in [0.4, 0.5) is 5.69 Å². The zero-order chi connectivity index (χ0) is 20.7. The number of pyridine rings is 1. The van der Waals surface area contributed by atoms with E-state index in [4.69, 9.17) is 4.74 Å². The van der Waals surface area contributed by atoms with Crippen molar-refractivity contribution in [2.45, 2.75) is 57.4 Å². The van der Waals surface area contributed by atoms with Crippen LogP contribution in [0, 0.1) is 29.1 Å². The van der Waals surface area contributed by atoms with Gasteiger partial charge in [-0.05, 0) is 96.8 Å². The lowest BCUT2D eigenvalue weighted by atomic mass is 9.78. The fraction of sp³-hybridized carbons (Fsp3) is 0.696. The third kappa shape index (κ3) is 3.68. The molecule has 0 radical (unpaired) electrons. The summed E-state index contributed by atoms with van der Waals surface area (Å²) in [5, 5.41) is 6.52. The third-order valence-electron chi connectivity index (χ3n) is 8.04. The molecule has 5 atom stereocenters. The van der Waals surface area contributed by atoms with Crippen LogP contribution in [-0.2, 0) is 14.3 Å². The lowest BCUT2D eigenvalue weighted by molar-refractivity contribution is -0.155. The van der Waals surface area contributed by atoms with Crippen LogP contribution in [0.2, 0.25) is 0 Å². The summed E-state index contributed by atoms with van der Waals surface area (Å²) in [5.74, 6) is -0.166. The van der Waals surface area contributed by atoms with Gasteiger partial charge in [-0.3, -0.25) is 9.59 Å². The van der Waals surface area contributed by atoms with E-state index < -0.39 is 0 Å². The summed E-state index contributed by atoms with van der Waals surface area (Å²) < 4.78 is 6.50. The zero-order valence-corrected chi connectivity index (χ0v) is 18.8. The van der Waals surface area contributed by atoms with E-state index >= 15 is 0 Å². The summed E-state index contributed by atoms with van der Waals surface area (Å²) >= 11 is 3.32. The smallest absolute Gasteiger partial charge is 0.310 e. The van der Waals surface area contributed by atoms with Gasteiger partial charge in [0.25, 0.3) is 0 Å². The summed E-state index contributed by atoms with van der Waals surface area (Å²) in [6.07, 6.45) is 10.5. The number of hydrogen-bond donors (Lipinski definition) is 2. The Morgan fingerprint density at radius 2 is 1.97 bits per heavy atom. The van der Waals surface area contributed by atoms with Gasteiger partial charge in [-0.15, -0.1) is 0 Å². The Kier molecular flexibility index (Phi) is 5.60. The monoisotopic (exact) mass is 475 g/mol. The van der Waals surface area contributed by atoms with Gasteiger partial charge in [-0.25, -0.2) is 4.98 Å². The number of anilines is 1. The predicted octanol–water partition coefficient (Wildman–Crippen LogP) is 3.91. The maximum Gasteiger partial charge on any atom is 0.310 e. The molecule has 4 fully saturated rings. The molecule has 3 saturated carbocycles. The second-order valence-electron chi connectivity index (χ2n) is 9.54. The van der Waals surface area contributed by atoms with Crippen molar-refractivity contribution in [3.8, 4) is 0 Å². The molecule has 3 aliphatic carbocycles. The summed E-state index contributed by atoms with van der Waals surface area (Å²) in [7, 11) is 0. The Morgan fingerprint density at radius 3 is 2.63 bits per heavy atom. The molecule has 1 amide bonds. The number of rotatable bonds is 6. The summed E-state index contributed by atoms with van der Waals surface area (Å²) in [6.45, 7) is 1.50. The Labute approximate surface area is 186 Å². The molecule has 6 nitrogen and oxygen atoms in total. The van der Waals surface area contributed by atoms with Gasteiger partial charge in [0.15, 0.2) is 0 Å². The molecule has 1 saturated heterocycles. The number of nitrogens with zero attached hydrogens (tertiary/aromatic N) is 1. The number of carbonyl (C=O) groups is 2. The maximum absolute atomic E-state index is 13.3. The van der Waals surface area contributed by atoms with Crippen molar-refractivity contribution < 1.29 is 14.3 Å². The first-order valence-corrected chi connectivity index (χ1v) is 12.2. The second kappa shape index (κ2) is 8.23. The highest BCUT2D eigenvalue weighted by Crippen LogP contribution is 2.74. The number of ether oxygens (including phenoxy) is 1. The van der Waals surface area contributed by atoms with E-state index in [1.807, 2.05) is 12.1 Å². The van der Waals surface area contributed by atoms with Gasteiger partial charge in [0.1, 0.15) is 4.60 Å². The van der Waals surface area contributed by atoms with Crippen molar-refractivity contribution in [1.29, 1.82) is 0 Å². The van der Waals surface area contributed by atoms with Crippen molar-refractivity contribution in [1.82, 2.24) is 10.3 Å². The first kappa shape index (κ1) is 20.4. The van der Waals surface area contributed by atoms with Crippen LogP contribution in [0.25, 0.3) is 0 Å². The number of halogens is 1. The standard InChI is InChI=1S/C23H30BrN3O3/c24-18-7-4-15(13-26-18)27-21(28)19-16-5-6-17(23(16)9-10-23)20(19)22(29)30-12-8-14-3-1-2-11-25-14/h4,7,13-14,16-17,19-20,25H,1-3,5-6,8-12H2,(H,27,28)/t14?,16-,17+,19+,20+/m0/s1. The van der Waals surface area contributed by atoms with Crippen LogP contribution in [0.5, 0.6) is 0 Å². The third-order valence-corrected chi connectivity index (χ3v) is 8.51. The minimum atomic E-state index is -0.297. The van der Waals surface area contributed by atoms with Crippen LogP contribution in [0.1, 0.15) is 51.4 Å². The SMILES string of the molecule is O=C(OCCC1CCCCN1)[C@H]1[C@H](C(=O)Nc2ccc(Br)nc2)[C@@H]2CC[C@H]1C21CC1. The molecular formula is C23H30BrN3O3. The number of esters is 1. The molecule has 1 aliphatic heterocycles. The number of aromatic nitrogens is 1. The fourth-order valence-electron chi connectivity index (χ4n) is 6.57. The van der Waals surface area contributed by atoms with Crippen LogP contribution in [-0.4, -0.2) is 36.1 Å². The molecular weight excluding hydrogens is 446 g/mol. The van der Waals surface area contributed by atoms with E-state index in [0.717, 1.165) is 49.7 Å². The molecule has 1 aromatic rings. The average Bonchev–Trinajstić information content (AvgIpc) is 3.42. The van der Waals surface area contributed by atoms with E-state index in [9.17, 15) is 9.59 Å². The predicted molar refractivity (Wildman–Crippen MR) is 117 cm³/mol. The van der Waals surface area contributed by atoms with Crippen LogP contribution in [0.15, 0.2) is 22.9 Å². The zero-order valence-electron chi connectivity index (χ0n) is 17.2. The number of nitrogens with one attached hydrogen (secondary N) is 2. The fourth-order valence-corrected chi connectivity index (χ4v) is 6.80. The Balaban J connectivity index is 1.26.